The fourth-order valence-electron chi connectivity index (χ4n) is 2.07. The predicted octanol–water partition coefficient (Wildman–Crippen LogP) is 2.14. The van der Waals surface area contributed by atoms with Crippen LogP contribution >= 0.6 is 0 Å². The van der Waals surface area contributed by atoms with Crippen LogP contribution in [0.2, 0.25) is 0 Å². The van der Waals surface area contributed by atoms with Crippen molar-refractivity contribution in [2.45, 2.75) is 0 Å². The molecule has 104 valence electrons. The molecule has 0 heterocycles. The number of benzene rings is 2. The topological polar surface area (TPSA) is 81.6 Å². The van der Waals surface area contributed by atoms with Crippen LogP contribution in [0.3, 0.4) is 0 Å². The number of carbonyl (C=O) groups is 1. The molecule has 0 atom stereocenters. The van der Waals surface area contributed by atoms with E-state index in [0.29, 0.717) is 22.7 Å². The zero-order valence-corrected chi connectivity index (χ0v) is 11.5. The maximum absolute atomic E-state index is 11.5. The van der Waals surface area contributed by atoms with Gasteiger partial charge in [-0.2, -0.15) is 0 Å². The maximum Gasteiger partial charge on any atom is 0.250 e. The molecular formula is C15H17N3O2. The molecule has 0 aliphatic heterocycles. The highest BCUT2D eigenvalue weighted by atomic mass is 16.5. The Morgan fingerprint density at radius 1 is 1.15 bits per heavy atom. The van der Waals surface area contributed by atoms with Crippen molar-refractivity contribution in [2.75, 3.05) is 24.8 Å². The van der Waals surface area contributed by atoms with Gasteiger partial charge in [-0.05, 0) is 30.3 Å². The number of ether oxygens (including phenoxy) is 1. The van der Waals surface area contributed by atoms with E-state index in [1.165, 1.54) is 0 Å². The summed E-state index contributed by atoms with van der Waals surface area (Å²) in [6, 6.07) is 12.5. The quantitative estimate of drug-likeness (QED) is 0.835. The molecule has 5 nitrogen and oxygen atoms in total. The molecule has 0 unspecified atom stereocenters. The number of para-hydroxylation sites is 2. The Morgan fingerprint density at radius 2 is 1.85 bits per heavy atom. The van der Waals surface area contributed by atoms with Gasteiger partial charge in [0.1, 0.15) is 5.75 Å². The van der Waals surface area contributed by atoms with Crippen molar-refractivity contribution in [3.63, 3.8) is 0 Å². The highest BCUT2D eigenvalue weighted by Gasteiger charge is 2.16. The molecule has 0 aromatic heterocycles. The predicted molar refractivity (Wildman–Crippen MR) is 80.4 cm³/mol. The molecule has 0 fully saturated rings. The third kappa shape index (κ3) is 2.51. The van der Waals surface area contributed by atoms with Gasteiger partial charge in [-0.3, -0.25) is 4.79 Å². The number of carbonyl (C=O) groups excluding carboxylic acids is 1. The maximum atomic E-state index is 11.5. The van der Waals surface area contributed by atoms with Crippen LogP contribution in [0, 0.1) is 0 Å². The lowest BCUT2D eigenvalue weighted by molar-refractivity contribution is 0.100. The SMILES string of the molecule is COc1ccccc1N(C)c1cc(N)ccc1C(N)=O. The lowest BCUT2D eigenvalue weighted by Gasteiger charge is -2.24. The van der Waals surface area contributed by atoms with Crippen molar-refractivity contribution in [3.8, 4) is 5.75 Å². The Hall–Kier alpha value is -2.69. The second-order valence-corrected chi connectivity index (χ2v) is 4.37. The van der Waals surface area contributed by atoms with Crippen molar-refractivity contribution in [1.82, 2.24) is 0 Å². The van der Waals surface area contributed by atoms with Crippen LogP contribution in [-0.2, 0) is 0 Å². The third-order valence-corrected chi connectivity index (χ3v) is 3.10. The second kappa shape index (κ2) is 5.52. The average Bonchev–Trinajstić information content (AvgIpc) is 2.46. The smallest absolute Gasteiger partial charge is 0.250 e. The number of hydrogen-bond donors (Lipinski definition) is 2. The van der Waals surface area contributed by atoms with Crippen LogP contribution in [-0.4, -0.2) is 20.1 Å². The van der Waals surface area contributed by atoms with Gasteiger partial charge in [0.2, 0.25) is 0 Å². The monoisotopic (exact) mass is 271 g/mol. The summed E-state index contributed by atoms with van der Waals surface area (Å²) in [5.41, 5.74) is 13.7. The second-order valence-electron chi connectivity index (χ2n) is 4.37. The molecule has 20 heavy (non-hydrogen) atoms. The van der Waals surface area contributed by atoms with Gasteiger partial charge in [0.25, 0.3) is 5.91 Å². The van der Waals surface area contributed by atoms with Crippen LogP contribution in [0.15, 0.2) is 42.5 Å². The summed E-state index contributed by atoms with van der Waals surface area (Å²) < 4.78 is 5.33. The van der Waals surface area contributed by atoms with E-state index >= 15 is 0 Å². The Kier molecular flexibility index (Phi) is 3.79. The van der Waals surface area contributed by atoms with Crippen LogP contribution in [0.25, 0.3) is 0 Å². The first-order valence-electron chi connectivity index (χ1n) is 6.10. The molecule has 2 aromatic carbocycles. The van der Waals surface area contributed by atoms with E-state index in [4.69, 9.17) is 16.2 Å². The Morgan fingerprint density at radius 3 is 2.50 bits per heavy atom. The lowest BCUT2D eigenvalue weighted by atomic mass is 10.1. The van der Waals surface area contributed by atoms with Gasteiger partial charge in [-0.1, -0.05) is 12.1 Å². The molecule has 0 radical (unpaired) electrons. The number of amides is 1. The van der Waals surface area contributed by atoms with E-state index in [1.54, 1.807) is 25.3 Å². The highest BCUT2D eigenvalue weighted by molar-refractivity contribution is 6.00. The summed E-state index contributed by atoms with van der Waals surface area (Å²) in [4.78, 5) is 13.4. The normalized spacial score (nSPS) is 10.1. The number of nitrogens with zero attached hydrogens (tertiary/aromatic N) is 1. The molecule has 0 saturated heterocycles. The van der Waals surface area contributed by atoms with Crippen molar-refractivity contribution in [2.24, 2.45) is 5.73 Å². The molecule has 5 heteroatoms. The van der Waals surface area contributed by atoms with Crippen LogP contribution < -0.4 is 21.1 Å². The first kappa shape index (κ1) is 13.7. The summed E-state index contributed by atoms with van der Waals surface area (Å²) in [5.74, 6) is 0.203. The van der Waals surface area contributed by atoms with E-state index < -0.39 is 5.91 Å². The fourth-order valence-corrected chi connectivity index (χ4v) is 2.07. The number of methoxy groups -OCH3 is 1. The van der Waals surface area contributed by atoms with Gasteiger partial charge in [-0.25, -0.2) is 0 Å². The Labute approximate surface area is 117 Å². The summed E-state index contributed by atoms with van der Waals surface area (Å²) in [7, 11) is 3.43. The summed E-state index contributed by atoms with van der Waals surface area (Å²) >= 11 is 0. The number of anilines is 3. The van der Waals surface area contributed by atoms with Crippen LogP contribution in [0.5, 0.6) is 5.75 Å². The molecule has 0 aliphatic carbocycles. The molecular weight excluding hydrogens is 254 g/mol. The summed E-state index contributed by atoms with van der Waals surface area (Å²) in [6.45, 7) is 0. The fraction of sp³-hybridized carbons (Fsp3) is 0.133. The first-order valence-corrected chi connectivity index (χ1v) is 6.10. The van der Waals surface area contributed by atoms with Crippen molar-refractivity contribution in [3.05, 3.63) is 48.0 Å². The van der Waals surface area contributed by atoms with Gasteiger partial charge in [0.15, 0.2) is 0 Å². The van der Waals surface area contributed by atoms with Gasteiger partial charge in [0, 0.05) is 12.7 Å². The van der Waals surface area contributed by atoms with E-state index in [1.807, 2.05) is 36.2 Å². The zero-order valence-electron chi connectivity index (χ0n) is 11.5. The van der Waals surface area contributed by atoms with E-state index in [-0.39, 0.29) is 0 Å². The zero-order chi connectivity index (χ0) is 14.7. The lowest BCUT2D eigenvalue weighted by Crippen LogP contribution is -2.19. The van der Waals surface area contributed by atoms with Gasteiger partial charge >= 0.3 is 0 Å². The largest absolute Gasteiger partial charge is 0.495 e. The Balaban J connectivity index is 2.55. The number of rotatable bonds is 4. The number of nitrogens with two attached hydrogens (primary N) is 2. The van der Waals surface area contributed by atoms with Gasteiger partial charge < -0.3 is 21.1 Å². The average molecular weight is 271 g/mol. The third-order valence-electron chi connectivity index (χ3n) is 3.10. The van der Waals surface area contributed by atoms with Crippen molar-refractivity contribution in [1.29, 1.82) is 0 Å². The number of hydrogen-bond acceptors (Lipinski definition) is 4. The first-order chi connectivity index (χ1) is 9.54. The van der Waals surface area contributed by atoms with E-state index in [2.05, 4.69) is 0 Å². The molecule has 2 rings (SSSR count). The van der Waals surface area contributed by atoms with Crippen molar-refractivity contribution < 1.29 is 9.53 Å². The molecule has 4 N–H and O–H groups in total. The molecule has 0 spiro atoms. The number of nitrogen functional groups attached to an aromatic ring is 1. The van der Waals surface area contributed by atoms with E-state index in [0.717, 1.165) is 5.69 Å². The van der Waals surface area contributed by atoms with Gasteiger partial charge in [0.05, 0.1) is 24.0 Å². The highest BCUT2D eigenvalue weighted by Crippen LogP contribution is 2.34. The minimum atomic E-state index is -0.498. The van der Waals surface area contributed by atoms with Crippen LogP contribution in [0.4, 0.5) is 17.1 Å². The molecule has 1 amide bonds. The summed E-state index contributed by atoms with van der Waals surface area (Å²) in [6.07, 6.45) is 0. The summed E-state index contributed by atoms with van der Waals surface area (Å²) in [5, 5.41) is 0. The molecule has 0 aliphatic rings. The van der Waals surface area contributed by atoms with E-state index in [9.17, 15) is 4.79 Å². The number of primary amides is 1. The van der Waals surface area contributed by atoms with Crippen molar-refractivity contribution >= 4 is 23.0 Å². The minimum absolute atomic E-state index is 0.410. The molecule has 0 saturated carbocycles. The molecule has 2 aromatic rings. The molecule has 0 bridgehead atoms. The Bertz CT molecular complexity index is 641. The van der Waals surface area contributed by atoms with Crippen LogP contribution in [0.1, 0.15) is 10.4 Å². The van der Waals surface area contributed by atoms with Gasteiger partial charge in [-0.15, -0.1) is 0 Å². The minimum Gasteiger partial charge on any atom is -0.495 e. The standard InChI is InChI=1S/C15H17N3O2/c1-18(12-5-3-4-6-14(12)20-2)13-9-10(16)7-8-11(13)15(17)19/h3-9H,16H2,1-2H3,(H2,17,19).